The lowest BCUT2D eigenvalue weighted by molar-refractivity contribution is -0.127. The third-order valence-electron chi connectivity index (χ3n) is 2.35. The maximum atomic E-state index is 5.48. The standard InChI is InChI=1S/C13H25BrO2/c1-4-15-13(3)16-11-9-7-5-6-8-10-12(2)14/h13H,2,4-11H2,1,3H3. The number of hydrogen-bond acceptors (Lipinski definition) is 2. The van der Waals surface area contributed by atoms with Crippen molar-refractivity contribution in [2.75, 3.05) is 13.2 Å². The van der Waals surface area contributed by atoms with Crippen LogP contribution in [0.4, 0.5) is 0 Å². The molecule has 0 aromatic rings. The minimum atomic E-state index is -0.0540. The van der Waals surface area contributed by atoms with Gasteiger partial charge in [-0.1, -0.05) is 41.8 Å². The van der Waals surface area contributed by atoms with Crippen molar-refractivity contribution in [2.45, 2.75) is 58.7 Å². The maximum Gasteiger partial charge on any atom is 0.154 e. The van der Waals surface area contributed by atoms with E-state index in [4.69, 9.17) is 9.47 Å². The highest BCUT2D eigenvalue weighted by Crippen LogP contribution is 2.13. The average Bonchev–Trinajstić information content (AvgIpc) is 2.22. The average molecular weight is 293 g/mol. The molecule has 0 N–H and O–H groups in total. The van der Waals surface area contributed by atoms with Crippen molar-refractivity contribution in [1.29, 1.82) is 0 Å². The minimum Gasteiger partial charge on any atom is -0.353 e. The fourth-order valence-electron chi connectivity index (χ4n) is 1.48. The Morgan fingerprint density at radius 3 is 2.38 bits per heavy atom. The van der Waals surface area contributed by atoms with Crippen molar-refractivity contribution >= 4 is 15.9 Å². The van der Waals surface area contributed by atoms with Crippen LogP contribution in [0.3, 0.4) is 0 Å². The predicted octanol–water partition coefficient (Wildman–Crippen LogP) is 4.63. The Hall–Kier alpha value is 0.140. The molecule has 0 aromatic carbocycles. The van der Waals surface area contributed by atoms with Gasteiger partial charge in [0.2, 0.25) is 0 Å². The van der Waals surface area contributed by atoms with Crippen LogP contribution >= 0.6 is 15.9 Å². The summed E-state index contributed by atoms with van der Waals surface area (Å²) >= 11 is 3.37. The van der Waals surface area contributed by atoms with E-state index in [1.807, 2.05) is 13.8 Å². The zero-order valence-electron chi connectivity index (χ0n) is 10.6. The highest BCUT2D eigenvalue weighted by atomic mass is 79.9. The zero-order chi connectivity index (χ0) is 12.2. The topological polar surface area (TPSA) is 18.5 Å². The van der Waals surface area contributed by atoms with E-state index in [2.05, 4.69) is 22.5 Å². The molecule has 0 spiro atoms. The van der Waals surface area contributed by atoms with E-state index in [1.165, 1.54) is 25.7 Å². The van der Waals surface area contributed by atoms with Gasteiger partial charge in [0, 0.05) is 13.2 Å². The van der Waals surface area contributed by atoms with Gasteiger partial charge < -0.3 is 9.47 Å². The molecule has 0 saturated heterocycles. The summed E-state index contributed by atoms with van der Waals surface area (Å²) in [6, 6.07) is 0. The van der Waals surface area contributed by atoms with Crippen molar-refractivity contribution in [1.82, 2.24) is 0 Å². The predicted molar refractivity (Wildman–Crippen MR) is 72.8 cm³/mol. The highest BCUT2D eigenvalue weighted by Gasteiger charge is 1.99. The summed E-state index contributed by atoms with van der Waals surface area (Å²) in [5.74, 6) is 0. The molecule has 0 saturated carbocycles. The molecule has 0 aromatic heterocycles. The van der Waals surface area contributed by atoms with E-state index in [9.17, 15) is 0 Å². The summed E-state index contributed by atoms with van der Waals surface area (Å²) in [7, 11) is 0. The van der Waals surface area contributed by atoms with E-state index in [0.717, 1.165) is 30.5 Å². The zero-order valence-corrected chi connectivity index (χ0v) is 12.2. The lowest BCUT2D eigenvalue weighted by atomic mass is 10.1. The number of ether oxygens (including phenoxy) is 2. The third-order valence-corrected chi connectivity index (χ3v) is 2.74. The summed E-state index contributed by atoms with van der Waals surface area (Å²) in [6.07, 6.45) is 7.22. The van der Waals surface area contributed by atoms with Crippen LogP contribution in [0.15, 0.2) is 11.1 Å². The van der Waals surface area contributed by atoms with Gasteiger partial charge >= 0.3 is 0 Å². The molecule has 1 atom stereocenters. The first-order valence-corrected chi connectivity index (χ1v) is 7.02. The molecule has 0 aliphatic heterocycles. The quantitative estimate of drug-likeness (QED) is 0.408. The van der Waals surface area contributed by atoms with Gasteiger partial charge in [-0.3, -0.25) is 0 Å². The molecule has 2 nitrogen and oxygen atoms in total. The second-order valence-corrected chi connectivity index (χ2v) is 5.05. The van der Waals surface area contributed by atoms with Crippen LogP contribution in [0.2, 0.25) is 0 Å². The van der Waals surface area contributed by atoms with Crippen molar-refractivity contribution in [3.63, 3.8) is 0 Å². The van der Waals surface area contributed by atoms with Crippen LogP contribution in [-0.2, 0) is 9.47 Å². The Balaban J connectivity index is 3.06. The van der Waals surface area contributed by atoms with Crippen LogP contribution in [0.25, 0.3) is 0 Å². The second-order valence-electron chi connectivity index (χ2n) is 3.93. The number of hydrogen-bond donors (Lipinski definition) is 0. The summed E-state index contributed by atoms with van der Waals surface area (Å²) < 4.78 is 11.9. The van der Waals surface area contributed by atoms with Gasteiger partial charge in [-0.25, -0.2) is 0 Å². The molecule has 0 radical (unpaired) electrons. The lowest BCUT2D eigenvalue weighted by Crippen LogP contribution is -2.13. The van der Waals surface area contributed by atoms with E-state index < -0.39 is 0 Å². The summed E-state index contributed by atoms with van der Waals surface area (Å²) in [5, 5.41) is 0. The molecule has 0 aliphatic rings. The summed E-state index contributed by atoms with van der Waals surface area (Å²) in [5.41, 5.74) is 0. The molecule has 96 valence electrons. The molecular weight excluding hydrogens is 268 g/mol. The number of halogens is 1. The Bertz CT molecular complexity index is 171. The van der Waals surface area contributed by atoms with Crippen LogP contribution in [-0.4, -0.2) is 19.5 Å². The Morgan fingerprint density at radius 1 is 1.12 bits per heavy atom. The first kappa shape index (κ1) is 16.1. The highest BCUT2D eigenvalue weighted by molar-refractivity contribution is 9.11. The lowest BCUT2D eigenvalue weighted by Gasteiger charge is -2.12. The summed E-state index contributed by atoms with van der Waals surface area (Å²) in [6.45, 7) is 9.29. The molecule has 0 aliphatic carbocycles. The molecule has 1 unspecified atom stereocenters. The fourth-order valence-corrected chi connectivity index (χ4v) is 1.76. The van der Waals surface area contributed by atoms with Crippen molar-refractivity contribution in [3.8, 4) is 0 Å². The van der Waals surface area contributed by atoms with Crippen LogP contribution < -0.4 is 0 Å². The first-order chi connectivity index (χ1) is 7.66. The Kier molecular flexibility index (Phi) is 11.7. The molecule has 3 heteroatoms. The largest absolute Gasteiger partial charge is 0.353 e. The van der Waals surface area contributed by atoms with Gasteiger partial charge in [0.25, 0.3) is 0 Å². The van der Waals surface area contributed by atoms with Crippen molar-refractivity contribution in [3.05, 3.63) is 11.1 Å². The van der Waals surface area contributed by atoms with Crippen LogP contribution in [0, 0.1) is 0 Å². The van der Waals surface area contributed by atoms with Gasteiger partial charge in [-0.15, -0.1) is 0 Å². The van der Waals surface area contributed by atoms with Crippen molar-refractivity contribution < 1.29 is 9.47 Å². The third kappa shape index (κ3) is 12.2. The smallest absolute Gasteiger partial charge is 0.154 e. The van der Waals surface area contributed by atoms with E-state index in [1.54, 1.807) is 0 Å². The maximum absolute atomic E-state index is 5.48. The van der Waals surface area contributed by atoms with Gasteiger partial charge in [0.15, 0.2) is 6.29 Å². The van der Waals surface area contributed by atoms with Gasteiger partial charge in [0.05, 0.1) is 0 Å². The number of unbranched alkanes of at least 4 members (excludes halogenated alkanes) is 4. The number of rotatable bonds is 11. The molecule has 0 fully saturated rings. The molecule has 0 rings (SSSR count). The molecule has 0 amide bonds. The fraction of sp³-hybridized carbons (Fsp3) is 0.846. The number of allylic oxidation sites excluding steroid dienone is 1. The Labute approximate surface area is 109 Å². The van der Waals surface area contributed by atoms with Crippen molar-refractivity contribution in [2.24, 2.45) is 0 Å². The van der Waals surface area contributed by atoms with E-state index in [-0.39, 0.29) is 6.29 Å². The minimum absolute atomic E-state index is 0.0540. The van der Waals surface area contributed by atoms with Gasteiger partial charge in [-0.2, -0.15) is 0 Å². The van der Waals surface area contributed by atoms with E-state index >= 15 is 0 Å². The second kappa shape index (κ2) is 11.6. The molecule has 0 bridgehead atoms. The van der Waals surface area contributed by atoms with E-state index in [0.29, 0.717) is 0 Å². The first-order valence-electron chi connectivity index (χ1n) is 6.23. The van der Waals surface area contributed by atoms with Gasteiger partial charge in [-0.05, 0) is 37.6 Å². The SMILES string of the molecule is C=C(Br)CCCCCCCOC(C)OCC. The molecular formula is C13H25BrO2. The summed E-state index contributed by atoms with van der Waals surface area (Å²) in [4.78, 5) is 0. The van der Waals surface area contributed by atoms with Crippen LogP contribution in [0.1, 0.15) is 52.4 Å². The van der Waals surface area contributed by atoms with Crippen LogP contribution in [0.5, 0.6) is 0 Å². The molecule has 0 heterocycles. The van der Waals surface area contributed by atoms with Gasteiger partial charge in [0.1, 0.15) is 0 Å². The molecule has 16 heavy (non-hydrogen) atoms. The monoisotopic (exact) mass is 292 g/mol. The normalized spacial score (nSPS) is 12.7. The Morgan fingerprint density at radius 2 is 1.75 bits per heavy atom.